The van der Waals surface area contributed by atoms with Crippen molar-refractivity contribution < 1.29 is 44.6 Å². The van der Waals surface area contributed by atoms with E-state index in [2.05, 4.69) is 20.9 Å². The molecule has 1 aliphatic heterocycles. The van der Waals surface area contributed by atoms with E-state index in [0.29, 0.717) is 30.0 Å². The van der Waals surface area contributed by atoms with Gasteiger partial charge in [-0.25, -0.2) is 14.6 Å². The average molecular weight is 604 g/mol. The standard InChI is InChI=1S/C27H30ClN5O9/c1-2-19(36)23(33-15-29-20-21(30-26(28)31-22(20)33)32-9-8-17(11-32)12-34)42-18(13-35)14-41-27(24(37)38,25(39)40)10-16-6-4-3-5-7-16/h1,3-7,15,17-19,23,34-36H,8-14H2,(H,37,38)(H,39,40)/t17-,18-,19+,23+/m0/s1. The van der Waals surface area contributed by atoms with Crippen LogP contribution in [0, 0.1) is 18.3 Å². The van der Waals surface area contributed by atoms with Gasteiger partial charge in [-0.3, -0.25) is 4.57 Å². The van der Waals surface area contributed by atoms with Crippen LogP contribution in [0.4, 0.5) is 5.82 Å². The number of imidazole rings is 1. The van der Waals surface area contributed by atoms with E-state index in [1.807, 2.05) is 4.90 Å². The highest BCUT2D eigenvalue weighted by atomic mass is 35.5. The molecule has 4 atom stereocenters. The van der Waals surface area contributed by atoms with Gasteiger partial charge in [0.15, 0.2) is 29.3 Å². The Balaban J connectivity index is 1.62. The van der Waals surface area contributed by atoms with Gasteiger partial charge in [-0.05, 0) is 23.6 Å². The highest BCUT2D eigenvalue weighted by molar-refractivity contribution is 6.28. The van der Waals surface area contributed by atoms with E-state index in [-0.39, 0.29) is 23.5 Å². The maximum atomic E-state index is 12.2. The normalized spacial score (nSPS) is 17.6. The minimum absolute atomic E-state index is 0.0121. The third-order valence-corrected chi connectivity index (χ3v) is 7.14. The summed E-state index contributed by atoms with van der Waals surface area (Å²) in [4.78, 5) is 39.1. The van der Waals surface area contributed by atoms with E-state index in [4.69, 9.17) is 27.5 Å². The number of terminal acetylenes is 1. The lowest BCUT2D eigenvalue weighted by Crippen LogP contribution is -2.52. The van der Waals surface area contributed by atoms with E-state index in [1.165, 1.54) is 10.9 Å². The number of anilines is 1. The molecule has 5 N–H and O–H groups in total. The van der Waals surface area contributed by atoms with Gasteiger partial charge in [-0.1, -0.05) is 36.3 Å². The number of fused-ring (bicyclic) bond motifs is 1. The van der Waals surface area contributed by atoms with Crippen LogP contribution in [0.15, 0.2) is 36.7 Å². The van der Waals surface area contributed by atoms with Crippen molar-refractivity contribution in [3.63, 3.8) is 0 Å². The molecule has 0 spiro atoms. The van der Waals surface area contributed by atoms with Crippen LogP contribution in [0.2, 0.25) is 5.28 Å². The number of carbonyl (C=O) groups is 2. The van der Waals surface area contributed by atoms with Crippen molar-refractivity contribution in [1.29, 1.82) is 0 Å². The van der Waals surface area contributed by atoms with Crippen molar-refractivity contribution in [2.75, 3.05) is 37.8 Å². The number of carboxylic acid groups (broad SMARTS) is 2. The topological polar surface area (TPSA) is 201 Å². The van der Waals surface area contributed by atoms with E-state index < -0.39 is 55.6 Å². The molecule has 3 heterocycles. The molecule has 42 heavy (non-hydrogen) atoms. The first-order valence-corrected chi connectivity index (χ1v) is 13.3. The summed E-state index contributed by atoms with van der Waals surface area (Å²) in [6.45, 7) is -0.327. The number of nitrogens with zero attached hydrogens (tertiary/aromatic N) is 5. The second kappa shape index (κ2) is 13.4. The van der Waals surface area contributed by atoms with Crippen LogP contribution in [0.3, 0.4) is 0 Å². The maximum absolute atomic E-state index is 12.2. The lowest BCUT2D eigenvalue weighted by molar-refractivity contribution is -0.195. The molecule has 1 aliphatic rings. The zero-order chi connectivity index (χ0) is 30.4. The lowest BCUT2D eigenvalue weighted by Gasteiger charge is -2.30. The zero-order valence-corrected chi connectivity index (χ0v) is 23.0. The number of aliphatic carboxylic acids is 2. The molecule has 224 valence electrons. The molecular formula is C27H30ClN5O9. The molecular weight excluding hydrogens is 574 g/mol. The van der Waals surface area contributed by atoms with Crippen LogP contribution in [-0.4, -0.2) is 108 Å². The highest BCUT2D eigenvalue weighted by Crippen LogP contribution is 2.31. The number of benzene rings is 1. The number of hydrogen-bond donors (Lipinski definition) is 5. The molecule has 4 rings (SSSR count). The summed E-state index contributed by atoms with van der Waals surface area (Å²) in [5.41, 5.74) is -1.85. The van der Waals surface area contributed by atoms with Crippen LogP contribution < -0.4 is 4.90 Å². The number of aliphatic hydroxyl groups excluding tert-OH is 3. The SMILES string of the molecule is C#C[C@@H](O)[C@@H](O[C@@H](CO)COC(Cc1ccccc1)(C(=O)O)C(=O)O)n1cnc2c(N3CC[C@H](CO)C3)nc(Cl)nc21. The van der Waals surface area contributed by atoms with Gasteiger partial charge in [0.1, 0.15) is 6.10 Å². The molecule has 15 heteroatoms. The maximum Gasteiger partial charge on any atom is 0.348 e. The summed E-state index contributed by atoms with van der Waals surface area (Å²) >= 11 is 6.22. The first-order valence-electron chi connectivity index (χ1n) is 12.9. The molecule has 0 bridgehead atoms. The average Bonchev–Trinajstić information content (AvgIpc) is 3.63. The number of halogens is 1. The number of carboxylic acids is 2. The van der Waals surface area contributed by atoms with Crippen LogP contribution >= 0.6 is 11.6 Å². The summed E-state index contributed by atoms with van der Waals surface area (Å²) in [6.07, 6.45) is 2.61. The predicted octanol–water partition coefficient (Wildman–Crippen LogP) is 0.336. The zero-order valence-electron chi connectivity index (χ0n) is 22.3. The van der Waals surface area contributed by atoms with Crippen LogP contribution in [0.1, 0.15) is 18.2 Å². The first kappa shape index (κ1) is 31.1. The Morgan fingerprint density at radius 3 is 2.50 bits per heavy atom. The summed E-state index contributed by atoms with van der Waals surface area (Å²) < 4.78 is 12.6. The summed E-state index contributed by atoms with van der Waals surface area (Å²) in [6, 6.07) is 8.06. The van der Waals surface area contributed by atoms with Crippen molar-refractivity contribution in [2.24, 2.45) is 5.92 Å². The molecule has 1 aromatic carbocycles. The molecule has 3 aromatic rings. The van der Waals surface area contributed by atoms with Crippen molar-refractivity contribution in [1.82, 2.24) is 19.5 Å². The Morgan fingerprint density at radius 1 is 1.19 bits per heavy atom. The second-order valence-corrected chi connectivity index (χ2v) is 10.1. The summed E-state index contributed by atoms with van der Waals surface area (Å²) in [5, 5.41) is 49.9. The van der Waals surface area contributed by atoms with Crippen molar-refractivity contribution in [3.8, 4) is 12.3 Å². The Morgan fingerprint density at radius 2 is 1.90 bits per heavy atom. The number of aromatic nitrogens is 4. The predicted molar refractivity (Wildman–Crippen MR) is 148 cm³/mol. The molecule has 14 nitrogen and oxygen atoms in total. The number of rotatable bonds is 14. The van der Waals surface area contributed by atoms with Crippen molar-refractivity contribution in [3.05, 3.63) is 47.5 Å². The Kier molecular flexibility index (Phi) is 9.94. The Bertz CT molecular complexity index is 1430. The summed E-state index contributed by atoms with van der Waals surface area (Å²) in [5.74, 6) is -0.901. The minimum atomic E-state index is -2.70. The van der Waals surface area contributed by atoms with Gasteiger partial charge in [0.05, 0.1) is 19.5 Å². The van der Waals surface area contributed by atoms with E-state index in [9.17, 15) is 35.1 Å². The fourth-order valence-corrected chi connectivity index (χ4v) is 4.86. The number of ether oxygens (including phenoxy) is 2. The van der Waals surface area contributed by atoms with Crippen LogP contribution in [0.25, 0.3) is 11.2 Å². The van der Waals surface area contributed by atoms with Gasteiger partial charge < -0.3 is 39.9 Å². The quantitative estimate of drug-likeness (QED) is 0.0960. The molecule has 0 aliphatic carbocycles. The van der Waals surface area contributed by atoms with Gasteiger partial charge in [-0.15, -0.1) is 6.42 Å². The third-order valence-electron chi connectivity index (χ3n) is 6.97. The fraction of sp³-hybridized carbons (Fsp3) is 0.444. The largest absolute Gasteiger partial charge is 0.479 e. The third kappa shape index (κ3) is 6.46. The van der Waals surface area contributed by atoms with Gasteiger partial charge >= 0.3 is 11.9 Å². The molecule has 2 aromatic heterocycles. The molecule has 1 saturated heterocycles. The van der Waals surface area contributed by atoms with Gasteiger partial charge in [0.2, 0.25) is 5.28 Å². The van der Waals surface area contributed by atoms with E-state index >= 15 is 0 Å². The monoisotopic (exact) mass is 603 g/mol. The first-order chi connectivity index (χ1) is 20.1. The fourth-order valence-electron chi connectivity index (χ4n) is 4.70. The lowest BCUT2D eigenvalue weighted by atomic mass is 9.94. The molecule has 0 amide bonds. The van der Waals surface area contributed by atoms with E-state index in [0.717, 1.165) is 6.42 Å². The van der Waals surface area contributed by atoms with Gasteiger partial charge in [0.25, 0.3) is 5.60 Å². The Labute approximate surface area is 245 Å². The highest BCUT2D eigenvalue weighted by Gasteiger charge is 2.49. The molecule has 0 saturated carbocycles. The number of aliphatic hydroxyl groups is 3. The second-order valence-electron chi connectivity index (χ2n) is 9.78. The smallest absolute Gasteiger partial charge is 0.348 e. The summed E-state index contributed by atoms with van der Waals surface area (Å²) in [7, 11) is 0. The van der Waals surface area contributed by atoms with Crippen molar-refractivity contribution >= 4 is 40.5 Å². The van der Waals surface area contributed by atoms with Crippen LogP contribution in [-0.2, 0) is 25.5 Å². The Hall–Kier alpha value is -3.84. The molecule has 0 unspecified atom stereocenters. The minimum Gasteiger partial charge on any atom is -0.479 e. The van der Waals surface area contributed by atoms with Crippen LogP contribution in [0.5, 0.6) is 0 Å². The van der Waals surface area contributed by atoms with Gasteiger partial charge in [0, 0.05) is 32.0 Å². The van der Waals surface area contributed by atoms with Crippen molar-refractivity contribution in [2.45, 2.75) is 36.9 Å². The molecule has 1 fully saturated rings. The van der Waals surface area contributed by atoms with E-state index in [1.54, 1.807) is 30.3 Å². The molecule has 0 radical (unpaired) electrons. The van der Waals surface area contributed by atoms with Gasteiger partial charge in [-0.2, -0.15) is 9.97 Å². The number of hydrogen-bond acceptors (Lipinski definition) is 11.